The Morgan fingerprint density at radius 3 is 3.03 bits per heavy atom. The summed E-state index contributed by atoms with van der Waals surface area (Å²) in [5.74, 6) is 0.248. The third kappa shape index (κ3) is 5.51. The van der Waals surface area contributed by atoms with Crippen LogP contribution in [-0.4, -0.2) is 68.9 Å². The summed E-state index contributed by atoms with van der Waals surface area (Å²) >= 11 is 0. The Bertz CT molecular complexity index is 1260. The van der Waals surface area contributed by atoms with E-state index in [1.54, 1.807) is 23.0 Å². The molecular weight excluding hydrogens is 456 g/mol. The highest BCUT2D eigenvalue weighted by Gasteiger charge is 2.26. The van der Waals surface area contributed by atoms with Crippen molar-refractivity contribution in [1.29, 1.82) is 0 Å². The zero-order chi connectivity index (χ0) is 25.1. The lowest BCUT2D eigenvalue weighted by atomic mass is 10.00. The van der Waals surface area contributed by atoms with Gasteiger partial charge >= 0.3 is 5.97 Å². The second-order valence-electron chi connectivity index (χ2n) is 10.0. The number of carboxylic acids is 1. The number of hydrogen-bond donors (Lipinski definition) is 3. The third-order valence-corrected chi connectivity index (χ3v) is 7.48. The predicted molar refractivity (Wildman–Crippen MR) is 138 cm³/mol. The molecule has 1 amide bonds. The van der Waals surface area contributed by atoms with Gasteiger partial charge in [0, 0.05) is 43.3 Å². The van der Waals surface area contributed by atoms with Gasteiger partial charge in [-0.1, -0.05) is 12.1 Å². The molecule has 1 fully saturated rings. The Kier molecular flexibility index (Phi) is 7.18. The summed E-state index contributed by atoms with van der Waals surface area (Å²) in [6.07, 6.45) is 7.53. The summed E-state index contributed by atoms with van der Waals surface area (Å²) in [6, 6.07) is 8.72. The second-order valence-corrected chi connectivity index (χ2v) is 10.0. The summed E-state index contributed by atoms with van der Waals surface area (Å²) < 4.78 is 1.70. The van der Waals surface area contributed by atoms with Crippen molar-refractivity contribution in [1.82, 2.24) is 25.0 Å². The lowest BCUT2D eigenvalue weighted by Gasteiger charge is -2.20. The summed E-state index contributed by atoms with van der Waals surface area (Å²) in [5.41, 5.74) is 3.72. The second kappa shape index (κ2) is 10.7. The van der Waals surface area contributed by atoms with Gasteiger partial charge in [0.2, 0.25) is 0 Å². The molecule has 9 heteroatoms. The van der Waals surface area contributed by atoms with Crippen molar-refractivity contribution in [3.63, 3.8) is 0 Å². The van der Waals surface area contributed by atoms with Crippen LogP contribution in [0.1, 0.15) is 47.3 Å². The lowest BCUT2D eigenvalue weighted by molar-refractivity contribution is -0.139. The number of aryl methyl sites for hydroxylation is 3. The Hall–Kier alpha value is -3.46. The number of aliphatic carboxylic acids is 1. The number of hydrogen-bond acceptors (Lipinski definition) is 6. The molecule has 2 aliphatic rings. The molecule has 190 valence electrons. The van der Waals surface area contributed by atoms with Gasteiger partial charge in [0.05, 0.1) is 11.7 Å². The van der Waals surface area contributed by atoms with Crippen LogP contribution in [0, 0.1) is 5.92 Å². The molecule has 1 saturated heterocycles. The Balaban J connectivity index is 1.10. The number of rotatable bonds is 9. The van der Waals surface area contributed by atoms with Gasteiger partial charge < -0.3 is 20.6 Å². The quantitative estimate of drug-likeness (QED) is 0.423. The topological polar surface area (TPSA) is 112 Å². The van der Waals surface area contributed by atoms with E-state index in [2.05, 4.69) is 32.8 Å². The molecule has 9 nitrogen and oxygen atoms in total. The fourth-order valence-electron chi connectivity index (χ4n) is 5.31. The zero-order valence-electron chi connectivity index (χ0n) is 20.7. The monoisotopic (exact) mass is 490 g/mol. The summed E-state index contributed by atoms with van der Waals surface area (Å²) in [4.78, 5) is 31.8. The number of aromatic nitrogens is 3. The molecule has 0 unspecified atom stereocenters. The van der Waals surface area contributed by atoms with Gasteiger partial charge in [-0.25, -0.2) is 9.78 Å². The number of likely N-dealkylation sites (tertiary alicyclic amines) is 1. The highest BCUT2D eigenvalue weighted by atomic mass is 16.4. The standard InChI is InChI=1S/C27H34N6O3/c1-32-24-15-20(5-6-21(24)16-29-32)26(34)31-23(27(35)36)11-14-33-13-10-18(17-33)4-8-22-9-7-19-3-2-12-28-25(19)30-22/h5-7,9,15-16,18,23H,2-4,8,10-14,17H2,1H3,(H,28,30)(H,31,34)(H,35,36)/t18-,23-/m1/s1. The van der Waals surface area contributed by atoms with Crippen LogP contribution in [0.3, 0.4) is 0 Å². The molecule has 4 heterocycles. The number of carbonyl (C=O) groups excluding carboxylic acids is 1. The number of amides is 1. The smallest absolute Gasteiger partial charge is 0.326 e. The molecule has 3 N–H and O–H groups in total. The van der Waals surface area contributed by atoms with E-state index in [1.165, 1.54) is 12.0 Å². The normalized spacial score (nSPS) is 18.5. The van der Waals surface area contributed by atoms with Crippen LogP contribution in [0.4, 0.5) is 5.82 Å². The maximum Gasteiger partial charge on any atom is 0.326 e. The van der Waals surface area contributed by atoms with Crippen LogP contribution in [0.2, 0.25) is 0 Å². The molecule has 0 aliphatic carbocycles. The molecule has 2 atom stereocenters. The predicted octanol–water partition coefficient (Wildman–Crippen LogP) is 2.85. The van der Waals surface area contributed by atoms with Crippen molar-refractivity contribution in [3.8, 4) is 0 Å². The van der Waals surface area contributed by atoms with Gasteiger partial charge in [-0.2, -0.15) is 5.10 Å². The summed E-state index contributed by atoms with van der Waals surface area (Å²) in [7, 11) is 1.81. The first-order valence-corrected chi connectivity index (χ1v) is 12.9. The summed E-state index contributed by atoms with van der Waals surface area (Å²) in [6.45, 7) is 3.57. The van der Waals surface area contributed by atoms with Crippen LogP contribution >= 0.6 is 0 Å². The van der Waals surface area contributed by atoms with Crippen LogP contribution < -0.4 is 10.6 Å². The first-order valence-electron chi connectivity index (χ1n) is 12.9. The van der Waals surface area contributed by atoms with Gasteiger partial charge in [-0.15, -0.1) is 0 Å². The number of carbonyl (C=O) groups is 2. The number of nitrogens with zero attached hydrogens (tertiary/aromatic N) is 4. The molecule has 2 aromatic heterocycles. The van der Waals surface area contributed by atoms with Crippen molar-refractivity contribution in [2.24, 2.45) is 13.0 Å². The first kappa shape index (κ1) is 24.2. The van der Waals surface area contributed by atoms with E-state index in [1.807, 2.05) is 13.1 Å². The van der Waals surface area contributed by atoms with Gasteiger partial charge in [-0.05, 0) is 74.8 Å². The largest absolute Gasteiger partial charge is 0.480 e. The maximum absolute atomic E-state index is 12.8. The van der Waals surface area contributed by atoms with Crippen LogP contribution in [0.25, 0.3) is 10.9 Å². The van der Waals surface area contributed by atoms with E-state index < -0.39 is 12.0 Å². The van der Waals surface area contributed by atoms with Gasteiger partial charge in [0.15, 0.2) is 0 Å². The molecule has 0 saturated carbocycles. The lowest BCUT2D eigenvalue weighted by Crippen LogP contribution is -2.43. The van der Waals surface area contributed by atoms with Crippen LogP contribution in [-0.2, 0) is 24.7 Å². The maximum atomic E-state index is 12.8. The number of benzene rings is 1. The molecule has 0 radical (unpaired) electrons. The molecule has 1 aromatic carbocycles. The molecule has 0 bridgehead atoms. The first-order chi connectivity index (χ1) is 17.5. The van der Waals surface area contributed by atoms with Crippen molar-refractivity contribution >= 4 is 28.6 Å². The molecule has 2 aliphatic heterocycles. The van der Waals surface area contributed by atoms with E-state index in [-0.39, 0.29) is 5.91 Å². The fourth-order valence-corrected chi connectivity index (χ4v) is 5.31. The van der Waals surface area contributed by atoms with E-state index in [9.17, 15) is 14.7 Å². The minimum atomic E-state index is -1.01. The highest BCUT2D eigenvalue weighted by Crippen LogP contribution is 2.24. The Labute approximate surface area is 210 Å². The van der Waals surface area contributed by atoms with E-state index in [0.717, 1.165) is 67.7 Å². The van der Waals surface area contributed by atoms with Crippen LogP contribution in [0.15, 0.2) is 36.5 Å². The van der Waals surface area contributed by atoms with Crippen LogP contribution in [0.5, 0.6) is 0 Å². The average molecular weight is 491 g/mol. The van der Waals surface area contributed by atoms with Gasteiger partial charge in [0.25, 0.3) is 5.91 Å². The van der Waals surface area contributed by atoms with Crippen molar-refractivity contribution in [2.75, 3.05) is 31.5 Å². The molecular formula is C27H34N6O3. The van der Waals surface area contributed by atoms with Crippen molar-refractivity contribution in [2.45, 2.75) is 44.6 Å². The number of nitrogens with one attached hydrogen (secondary N) is 2. The third-order valence-electron chi connectivity index (χ3n) is 7.48. The number of pyridine rings is 1. The minimum Gasteiger partial charge on any atom is -0.480 e. The van der Waals surface area contributed by atoms with E-state index in [4.69, 9.17) is 4.98 Å². The van der Waals surface area contributed by atoms with Crippen molar-refractivity contribution in [3.05, 3.63) is 53.3 Å². The SMILES string of the molecule is Cn1ncc2ccc(C(=O)N[C@H](CCN3CC[C@@H](CCc4ccc5c(n4)NCCC5)C3)C(=O)O)cc21. The molecule has 0 spiro atoms. The number of anilines is 1. The molecule has 3 aromatic rings. The Morgan fingerprint density at radius 2 is 2.17 bits per heavy atom. The summed E-state index contributed by atoms with van der Waals surface area (Å²) in [5, 5.41) is 21.0. The van der Waals surface area contributed by atoms with Crippen molar-refractivity contribution < 1.29 is 14.7 Å². The number of carboxylic acid groups (broad SMARTS) is 1. The van der Waals surface area contributed by atoms with E-state index in [0.29, 0.717) is 24.4 Å². The highest BCUT2D eigenvalue weighted by molar-refractivity contribution is 5.99. The molecule has 5 rings (SSSR count). The minimum absolute atomic E-state index is 0.375. The molecule has 36 heavy (non-hydrogen) atoms. The van der Waals surface area contributed by atoms with Gasteiger partial charge in [0.1, 0.15) is 11.9 Å². The zero-order valence-corrected chi connectivity index (χ0v) is 20.7. The van der Waals surface area contributed by atoms with E-state index >= 15 is 0 Å². The number of fused-ring (bicyclic) bond motifs is 2. The fraction of sp³-hybridized carbons (Fsp3) is 0.481. The van der Waals surface area contributed by atoms with Gasteiger partial charge in [-0.3, -0.25) is 9.48 Å². The Morgan fingerprint density at radius 1 is 1.28 bits per heavy atom. The average Bonchev–Trinajstić information content (AvgIpc) is 3.50.